The SMILES string of the molecule is [CH2]c1ccccc1CSC. The summed E-state index contributed by atoms with van der Waals surface area (Å²) in [7, 11) is 0. The van der Waals surface area contributed by atoms with Gasteiger partial charge in [-0.3, -0.25) is 0 Å². The predicted octanol–water partition coefficient (Wildman–Crippen LogP) is 2.73. The molecule has 0 atom stereocenters. The Morgan fingerprint density at radius 1 is 1.40 bits per heavy atom. The molecule has 0 unspecified atom stereocenters. The molecule has 0 N–H and O–H groups in total. The molecular formula is C9H11S. The van der Waals surface area contributed by atoms with Gasteiger partial charge >= 0.3 is 0 Å². The van der Waals surface area contributed by atoms with Crippen LogP contribution in [0.5, 0.6) is 0 Å². The Morgan fingerprint density at radius 3 is 2.70 bits per heavy atom. The molecule has 0 amide bonds. The highest BCUT2D eigenvalue weighted by atomic mass is 32.2. The van der Waals surface area contributed by atoms with Gasteiger partial charge < -0.3 is 0 Å². The van der Waals surface area contributed by atoms with Crippen LogP contribution in [0.2, 0.25) is 0 Å². The first kappa shape index (κ1) is 7.67. The van der Waals surface area contributed by atoms with E-state index in [0.29, 0.717) is 0 Å². The maximum atomic E-state index is 3.93. The summed E-state index contributed by atoms with van der Waals surface area (Å²) in [6, 6.07) is 8.25. The molecule has 1 heteroatoms. The standard InChI is InChI=1S/C9H11S/c1-8-5-3-4-6-9(8)7-10-2/h3-6H,1,7H2,2H3. The summed E-state index contributed by atoms with van der Waals surface area (Å²) in [4.78, 5) is 0. The average molecular weight is 151 g/mol. The van der Waals surface area contributed by atoms with E-state index in [1.54, 1.807) is 0 Å². The molecule has 0 aromatic heterocycles. The van der Waals surface area contributed by atoms with Crippen LogP contribution < -0.4 is 0 Å². The molecule has 0 saturated heterocycles. The average Bonchev–Trinajstić information content (AvgIpc) is 1.94. The number of hydrogen-bond acceptors (Lipinski definition) is 1. The van der Waals surface area contributed by atoms with Crippen molar-refractivity contribution >= 4 is 11.8 Å². The minimum atomic E-state index is 1.07. The van der Waals surface area contributed by atoms with E-state index in [2.05, 4.69) is 25.3 Å². The fraction of sp³-hybridized carbons (Fsp3) is 0.222. The molecule has 1 rings (SSSR count). The van der Waals surface area contributed by atoms with E-state index < -0.39 is 0 Å². The third-order valence-electron chi connectivity index (χ3n) is 1.42. The molecule has 0 saturated carbocycles. The van der Waals surface area contributed by atoms with Crippen LogP contribution >= 0.6 is 11.8 Å². The van der Waals surface area contributed by atoms with Crippen LogP contribution in [0.4, 0.5) is 0 Å². The largest absolute Gasteiger partial charge is 0.161 e. The number of thioether (sulfide) groups is 1. The lowest BCUT2D eigenvalue weighted by Gasteiger charge is -2.00. The lowest BCUT2D eigenvalue weighted by atomic mass is 10.1. The second kappa shape index (κ2) is 3.67. The minimum Gasteiger partial charge on any atom is -0.161 e. The van der Waals surface area contributed by atoms with Crippen molar-refractivity contribution in [3.63, 3.8) is 0 Å². The van der Waals surface area contributed by atoms with Gasteiger partial charge in [-0.1, -0.05) is 24.3 Å². The quantitative estimate of drug-likeness (QED) is 0.626. The Bertz CT molecular complexity index is 206. The van der Waals surface area contributed by atoms with Crippen molar-refractivity contribution in [1.82, 2.24) is 0 Å². The molecule has 53 valence electrons. The van der Waals surface area contributed by atoms with Gasteiger partial charge in [0.1, 0.15) is 0 Å². The molecule has 0 fully saturated rings. The highest BCUT2D eigenvalue weighted by Crippen LogP contribution is 2.12. The van der Waals surface area contributed by atoms with Crippen LogP contribution in [0.15, 0.2) is 24.3 Å². The van der Waals surface area contributed by atoms with Crippen molar-refractivity contribution in [3.8, 4) is 0 Å². The van der Waals surface area contributed by atoms with Crippen molar-refractivity contribution in [3.05, 3.63) is 42.3 Å². The first-order chi connectivity index (χ1) is 4.84. The summed E-state index contributed by atoms with van der Waals surface area (Å²) in [6.45, 7) is 3.93. The molecule has 0 bridgehead atoms. The zero-order valence-electron chi connectivity index (χ0n) is 6.13. The van der Waals surface area contributed by atoms with Gasteiger partial charge in [0.05, 0.1) is 0 Å². The summed E-state index contributed by atoms with van der Waals surface area (Å²) in [5.41, 5.74) is 2.49. The summed E-state index contributed by atoms with van der Waals surface area (Å²) < 4.78 is 0. The number of hydrogen-bond donors (Lipinski definition) is 0. The zero-order chi connectivity index (χ0) is 7.40. The highest BCUT2D eigenvalue weighted by Gasteiger charge is 1.92. The lowest BCUT2D eigenvalue weighted by Crippen LogP contribution is -1.83. The molecule has 1 radical (unpaired) electrons. The summed E-state index contributed by atoms with van der Waals surface area (Å²) in [5, 5.41) is 0. The normalized spacial score (nSPS) is 9.80. The van der Waals surface area contributed by atoms with Crippen LogP contribution in [0.25, 0.3) is 0 Å². The molecule has 10 heavy (non-hydrogen) atoms. The smallest absolute Gasteiger partial charge is 0.0184 e. The second-order valence-electron chi connectivity index (χ2n) is 2.20. The Labute approximate surface area is 66.6 Å². The van der Waals surface area contributed by atoms with Crippen molar-refractivity contribution in [2.45, 2.75) is 5.75 Å². The third-order valence-corrected chi connectivity index (χ3v) is 2.02. The summed E-state index contributed by atoms with van der Waals surface area (Å²) in [6.07, 6.45) is 2.10. The number of benzene rings is 1. The van der Waals surface area contributed by atoms with E-state index in [9.17, 15) is 0 Å². The maximum absolute atomic E-state index is 3.93. The van der Waals surface area contributed by atoms with Crippen LogP contribution in [0, 0.1) is 6.92 Å². The molecule has 0 heterocycles. The third kappa shape index (κ3) is 1.77. The molecule has 0 aliphatic rings. The van der Waals surface area contributed by atoms with Crippen LogP contribution in [-0.4, -0.2) is 6.26 Å². The Morgan fingerprint density at radius 2 is 2.10 bits per heavy atom. The fourth-order valence-electron chi connectivity index (χ4n) is 0.854. The fourth-order valence-corrected chi connectivity index (χ4v) is 1.45. The van der Waals surface area contributed by atoms with Crippen LogP contribution in [-0.2, 0) is 5.75 Å². The van der Waals surface area contributed by atoms with Gasteiger partial charge in [-0.05, 0) is 24.3 Å². The molecule has 0 nitrogen and oxygen atoms in total. The molecule has 0 aliphatic heterocycles. The second-order valence-corrected chi connectivity index (χ2v) is 3.07. The first-order valence-corrected chi connectivity index (χ1v) is 4.63. The van der Waals surface area contributed by atoms with E-state index in [-0.39, 0.29) is 0 Å². The summed E-state index contributed by atoms with van der Waals surface area (Å²) in [5.74, 6) is 1.07. The highest BCUT2D eigenvalue weighted by molar-refractivity contribution is 7.97. The van der Waals surface area contributed by atoms with E-state index in [0.717, 1.165) is 11.3 Å². The van der Waals surface area contributed by atoms with E-state index in [1.165, 1.54) is 5.56 Å². The first-order valence-electron chi connectivity index (χ1n) is 3.23. The molecule has 1 aromatic rings. The van der Waals surface area contributed by atoms with Crippen molar-refractivity contribution < 1.29 is 0 Å². The van der Waals surface area contributed by atoms with Crippen molar-refractivity contribution in [1.29, 1.82) is 0 Å². The Hall–Kier alpha value is -0.430. The monoisotopic (exact) mass is 151 g/mol. The minimum absolute atomic E-state index is 1.07. The molecule has 0 spiro atoms. The van der Waals surface area contributed by atoms with E-state index >= 15 is 0 Å². The Balaban J connectivity index is 2.81. The van der Waals surface area contributed by atoms with Crippen LogP contribution in [0.1, 0.15) is 11.1 Å². The topological polar surface area (TPSA) is 0 Å². The van der Waals surface area contributed by atoms with Crippen molar-refractivity contribution in [2.24, 2.45) is 0 Å². The molecular weight excluding hydrogens is 140 g/mol. The van der Waals surface area contributed by atoms with Gasteiger partial charge in [0.25, 0.3) is 0 Å². The lowest BCUT2D eigenvalue weighted by molar-refractivity contribution is 1.37. The zero-order valence-corrected chi connectivity index (χ0v) is 6.95. The number of rotatable bonds is 2. The van der Waals surface area contributed by atoms with E-state index in [1.807, 2.05) is 23.9 Å². The van der Waals surface area contributed by atoms with Gasteiger partial charge in [0.2, 0.25) is 0 Å². The van der Waals surface area contributed by atoms with E-state index in [4.69, 9.17) is 0 Å². The van der Waals surface area contributed by atoms with Gasteiger partial charge in [-0.2, -0.15) is 11.8 Å². The van der Waals surface area contributed by atoms with Crippen LogP contribution in [0.3, 0.4) is 0 Å². The van der Waals surface area contributed by atoms with Gasteiger partial charge in [-0.25, -0.2) is 0 Å². The predicted molar refractivity (Wildman–Crippen MR) is 48.1 cm³/mol. The molecule has 1 aromatic carbocycles. The van der Waals surface area contributed by atoms with Gasteiger partial charge in [0.15, 0.2) is 0 Å². The molecule has 0 aliphatic carbocycles. The van der Waals surface area contributed by atoms with Gasteiger partial charge in [0, 0.05) is 5.75 Å². The van der Waals surface area contributed by atoms with Gasteiger partial charge in [-0.15, -0.1) is 0 Å². The Kier molecular flexibility index (Phi) is 2.82. The van der Waals surface area contributed by atoms with Crippen molar-refractivity contribution in [2.75, 3.05) is 6.26 Å². The summed E-state index contributed by atoms with van der Waals surface area (Å²) >= 11 is 1.83. The maximum Gasteiger partial charge on any atom is 0.0184 e.